The molecule has 0 bridgehead atoms. The third-order valence-corrected chi connectivity index (χ3v) is 3.99. The van der Waals surface area contributed by atoms with Crippen LogP contribution in [0.25, 0.3) is 0 Å². The van der Waals surface area contributed by atoms with Crippen LogP contribution in [-0.2, 0) is 0 Å². The fraction of sp³-hybridized carbons (Fsp3) is 0.462. The molecule has 0 saturated heterocycles. The molecule has 1 aliphatic rings. The Morgan fingerprint density at radius 1 is 1.41 bits per heavy atom. The van der Waals surface area contributed by atoms with Crippen molar-refractivity contribution in [3.05, 3.63) is 33.3 Å². The van der Waals surface area contributed by atoms with E-state index in [0.717, 1.165) is 22.9 Å². The molecule has 1 N–H and O–H groups in total. The summed E-state index contributed by atoms with van der Waals surface area (Å²) < 4.78 is 0.949. The van der Waals surface area contributed by atoms with E-state index >= 15 is 0 Å². The van der Waals surface area contributed by atoms with E-state index < -0.39 is 0 Å². The van der Waals surface area contributed by atoms with Crippen LogP contribution in [0.1, 0.15) is 37.3 Å². The largest absolute Gasteiger partial charge is 0.295 e. The van der Waals surface area contributed by atoms with Gasteiger partial charge in [0.2, 0.25) is 0 Å². The van der Waals surface area contributed by atoms with E-state index in [4.69, 9.17) is 11.6 Å². The van der Waals surface area contributed by atoms with Gasteiger partial charge in [0.1, 0.15) is 6.04 Å². The maximum atomic E-state index is 9.27. The molecule has 0 aromatic heterocycles. The predicted molar refractivity (Wildman–Crippen MR) is 72.9 cm³/mol. The van der Waals surface area contributed by atoms with Gasteiger partial charge in [-0.25, -0.2) is 0 Å². The molecular formula is C13H14BrClN2. The van der Waals surface area contributed by atoms with Crippen LogP contribution >= 0.6 is 27.5 Å². The molecule has 0 heterocycles. The molecule has 0 spiro atoms. The summed E-state index contributed by atoms with van der Waals surface area (Å²) in [7, 11) is 0. The van der Waals surface area contributed by atoms with E-state index in [0.29, 0.717) is 11.1 Å². The van der Waals surface area contributed by atoms with Crippen molar-refractivity contribution >= 4 is 27.5 Å². The second kappa shape index (κ2) is 5.86. The number of benzene rings is 1. The molecule has 1 aromatic rings. The summed E-state index contributed by atoms with van der Waals surface area (Å²) in [6.45, 7) is 0. The quantitative estimate of drug-likeness (QED) is 0.908. The fourth-order valence-electron chi connectivity index (χ4n) is 2.26. The average Bonchev–Trinajstić information content (AvgIpc) is 2.82. The molecule has 1 saturated carbocycles. The maximum absolute atomic E-state index is 9.27. The second-order valence-electron chi connectivity index (χ2n) is 4.38. The summed E-state index contributed by atoms with van der Waals surface area (Å²) in [6, 6.07) is 8.05. The van der Waals surface area contributed by atoms with Crippen LogP contribution in [0.2, 0.25) is 5.02 Å². The van der Waals surface area contributed by atoms with E-state index in [1.165, 1.54) is 12.8 Å². The van der Waals surface area contributed by atoms with Crippen molar-refractivity contribution in [2.45, 2.75) is 37.8 Å². The molecule has 1 atom stereocenters. The number of halogens is 2. The smallest absolute Gasteiger partial charge is 0.123 e. The highest BCUT2D eigenvalue weighted by Crippen LogP contribution is 2.28. The first-order chi connectivity index (χ1) is 8.20. The lowest BCUT2D eigenvalue weighted by molar-refractivity contribution is 0.492. The van der Waals surface area contributed by atoms with Gasteiger partial charge in [0.15, 0.2) is 0 Å². The summed E-state index contributed by atoms with van der Waals surface area (Å²) in [5, 5.41) is 13.3. The number of rotatable bonds is 3. The molecule has 4 heteroatoms. The van der Waals surface area contributed by atoms with E-state index in [-0.39, 0.29) is 6.04 Å². The number of hydrogen-bond acceptors (Lipinski definition) is 2. The molecule has 1 unspecified atom stereocenters. The molecule has 1 aromatic carbocycles. The average molecular weight is 314 g/mol. The van der Waals surface area contributed by atoms with Crippen LogP contribution in [0.15, 0.2) is 22.7 Å². The summed E-state index contributed by atoms with van der Waals surface area (Å²) in [4.78, 5) is 0. The minimum absolute atomic E-state index is 0.317. The van der Waals surface area contributed by atoms with Gasteiger partial charge >= 0.3 is 0 Å². The molecule has 0 radical (unpaired) electrons. The van der Waals surface area contributed by atoms with Crippen LogP contribution in [0.5, 0.6) is 0 Å². The SMILES string of the molecule is N#CC(NC1CCCC1)c1cc(Br)ccc1Cl. The zero-order valence-electron chi connectivity index (χ0n) is 9.42. The van der Waals surface area contributed by atoms with Crippen molar-refractivity contribution in [1.29, 1.82) is 5.26 Å². The third kappa shape index (κ3) is 3.22. The number of nitrogens with one attached hydrogen (secondary N) is 1. The standard InChI is InChI=1S/C13H14BrClN2/c14-9-5-6-12(15)11(7-9)13(8-16)17-10-3-1-2-4-10/h5-7,10,13,17H,1-4H2. The third-order valence-electron chi connectivity index (χ3n) is 3.16. The van der Waals surface area contributed by atoms with E-state index in [2.05, 4.69) is 27.3 Å². The summed E-state index contributed by atoms with van der Waals surface area (Å²) in [5.41, 5.74) is 0.857. The summed E-state index contributed by atoms with van der Waals surface area (Å²) >= 11 is 9.55. The van der Waals surface area contributed by atoms with E-state index in [9.17, 15) is 5.26 Å². The first-order valence-corrected chi connectivity index (χ1v) is 6.98. The zero-order valence-corrected chi connectivity index (χ0v) is 11.8. The van der Waals surface area contributed by atoms with Gasteiger partial charge in [0.25, 0.3) is 0 Å². The number of hydrogen-bond donors (Lipinski definition) is 1. The summed E-state index contributed by atoms with van der Waals surface area (Å²) in [6.07, 6.45) is 4.82. The molecule has 90 valence electrons. The van der Waals surface area contributed by atoms with Crippen molar-refractivity contribution in [1.82, 2.24) is 5.32 Å². The van der Waals surface area contributed by atoms with E-state index in [1.807, 2.05) is 18.2 Å². The van der Waals surface area contributed by atoms with E-state index in [1.54, 1.807) is 0 Å². The second-order valence-corrected chi connectivity index (χ2v) is 5.70. The van der Waals surface area contributed by atoms with Gasteiger partial charge in [-0.1, -0.05) is 40.4 Å². The minimum atomic E-state index is -0.317. The monoisotopic (exact) mass is 312 g/mol. The summed E-state index contributed by atoms with van der Waals surface area (Å²) in [5.74, 6) is 0. The highest BCUT2D eigenvalue weighted by molar-refractivity contribution is 9.10. The van der Waals surface area contributed by atoms with Gasteiger partial charge in [0, 0.05) is 21.1 Å². The normalized spacial score (nSPS) is 17.9. The minimum Gasteiger partial charge on any atom is -0.295 e. The lowest BCUT2D eigenvalue weighted by Crippen LogP contribution is -2.30. The Balaban J connectivity index is 2.16. The van der Waals surface area contributed by atoms with Crippen molar-refractivity contribution in [3.63, 3.8) is 0 Å². The van der Waals surface area contributed by atoms with Crippen LogP contribution < -0.4 is 5.32 Å². The lowest BCUT2D eigenvalue weighted by atomic mass is 10.1. The zero-order chi connectivity index (χ0) is 12.3. The van der Waals surface area contributed by atoms with Crippen molar-refractivity contribution < 1.29 is 0 Å². The molecular weight excluding hydrogens is 300 g/mol. The Kier molecular flexibility index (Phi) is 4.44. The molecule has 0 amide bonds. The highest BCUT2D eigenvalue weighted by Gasteiger charge is 2.21. The predicted octanol–water partition coefficient (Wildman–Crippen LogP) is 4.20. The lowest BCUT2D eigenvalue weighted by Gasteiger charge is -2.18. The molecule has 1 aliphatic carbocycles. The van der Waals surface area contributed by atoms with Gasteiger partial charge in [-0.2, -0.15) is 5.26 Å². The van der Waals surface area contributed by atoms with Gasteiger partial charge in [0.05, 0.1) is 6.07 Å². The first-order valence-electron chi connectivity index (χ1n) is 5.81. The first kappa shape index (κ1) is 12.9. The van der Waals surface area contributed by atoms with Gasteiger partial charge in [-0.05, 0) is 31.0 Å². The molecule has 2 nitrogen and oxygen atoms in total. The van der Waals surface area contributed by atoms with Gasteiger partial charge < -0.3 is 0 Å². The Morgan fingerprint density at radius 3 is 2.76 bits per heavy atom. The van der Waals surface area contributed by atoms with Gasteiger partial charge in [-0.15, -0.1) is 0 Å². The van der Waals surface area contributed by atoms with Crippen molar-refractivity contribution in [2.24, 2.45) is 0 Å². The molecule has 2 rings (SSSR count). The van der Waals surface area contributed by atoms with Gasteiger partial charge in [-0.3, -0.25) is 5.32 Å². The molecule has 0 aliphatic heterocycles. The van der Waals surface area contributed by atoms with Crippen molar-refractivity contribution in [2.75, 3.05) is 0 Å². The molecule has 1 fully saturated rings. The van der Waals surface area contributed by atoms with Crippen LogP contribution in [-0.4, -0.2) is 6.04 Å². The Bertz CT molecular complexity index is 436. The number of nitriles is 1. The number of nitrogens with zero attached hydrogens (tertiary/aromatic N) is 1. The topological polar surface area (TPSA) is 35.8 Å². The van der Waals surface area contributed by atoms with Crippen LogP contribution in [0.3, 0.4) is 0 Å². The Labute approximate surface area is 115 Å². The Morgan fingerprint density at radius 2 is 2.12 bits per heavy atom. The van der Waals surface area contributed by atoms with Crippen LogP contribution in [0, 0.1) is 11.3 Å². The van der Waals surface area contributed by atoms with Crippen LogP contribution in [0.4, 0.5) is 0 Å². The Hall–Kier alpha value is -0.560. The van der Waals surface area contributed by atoms with Crippen molar-refractivity contribution in [3.8, 4) is 6.07 Å². The molecule has 17 heavy (non-hydrogen) atoms. The maximum Gasteiger partial charge on any atom is 0.123 e. The highest BCUT2D eigenvalue weighted by atomic mass is 79.9. The fourth-order valence-corrected chi connectivity index (χ4v) is 2.87.